The second kappa shape index (κ2) is 7.72. The topological polar surface area (TPSA) is 64.7 Å². The summed E-state index contributed by atoms with van der Waals surface area (Å²) in [5, 5.41) is 5.67. The number of piperidine rings is 2. The van der Waals surface area contributed by atoms with Gasteiger partial charge in [-0.25, -0.2) is 9.18 Å². The minimum absolute atomic E-state index is 0.0882. The first-order valence-electron chi connectivity index (χ1n) is 8.89. The lowest BCUT2D eigenvalue weighted by Gasteiger charge is -2.32. The smallest absolute Gasteiger partial charge is 0.319 e. The lowest BCUT2D eigenvalue weighted by atomic mass is 10.1. The normalized spacial score (nSPS) is 21.2. The first-order valence-corrected chi connectivity index (χ1v) is 8.89. The molecule has 2 fully saturated rings. The van der Waals surface area contributed by atoms with Gasteiger partial charge in [-0.2, -0.15) is 0 Å². The van der Waals surface area contributed by atoms with Gasteiger partial charge in [0.2, 0.25) is 5.91 Å². The van der Waals surface area contributed by atoms with Crippen LogP contribution in [0.25, 0.3) is 0 Å². The molecule has 136 valence electrons. The Morgan fingerprint density at radius 1 is 1.24 bits per heavy atom. The van der Waals surface area contributed by atoms with Crippen molar-refractivity contribution in [3.05, 3.63) is 24.0 Å². The van der Waals surface area contributed by atoms with E-state index in [1.165, 1.54) is 18.6 Å². The van der Waals surface area contributed by atoms with Gasteiger partial charge in [0.15, 0.2) is 0 Å². The van der Waals surface area contributed by atoms with E-state index in [1.807, 2.05) is 0 Å². The van der Waals surface area contributed by atoms with Crippen molar-refractivity contribution in [3.63, 3.8) is 0 Å². The van der Waals surface area contributed by atoms with Crippen LogP contribution in [0.3, 0.4) is 0 Å². The van der Waals surface area contributed by atoms with Crippen LogP contribution in [0.2, 0.25) is 0 Å². The Morgan fingerprint density at radius 2 is 2.00 bits per heavy atom. The van der Waals surface area contributed by atoms with Crippen LogP contribution in [-0.4, -0.2) is 49.6 Å². The van der Waals surface area contributed by atoms with Crippen LogP contribution in [0.1, 0.15) is 32.1 Å². The van der Waals surface area contributed by atoms with Crippen LogP contribution in [-0.2, 0) is 4.79 Å². The summed E-state index contributed by atoms with van der Waals surface area (Å²) in [5.41, 5.74) is 1.34. The second-order valence-electron chi connectivity index (χ2n) is 6.82. The minimum atomic E-state index is -0.376. The Morgan fingerprint density at radius 3 is 2.72 bits per heavy atom. The molecule has 1 aromatic rings. The third-order valence-corrected chi connectivity index (χ3v) is 4.87. The lowest BCUT2D eigenvalue weighted by molar-refractivity contribution is -0.132. The maximum absolute atomic E-state index is 13.7. The molecular formula is C18H25FN4O2. The molecule has 1 atom stereocenters. The Balaban J connectivity index is 1.66. The van der Waals surface area contributed by atoms with E-state index in [0.29, 0.717) is 25.1 Å². The first kappa shape index (κ1) is 17.5. The number of nitrogens with zero attached hydrogens (tertiary/aromatic N) is 2. The average Bonchev–Trinajstić information content (AvgIpc) is 2.59. The van der Waals surface area contributed by atoms with Gasteiger partial charge in [-0.15, -0.1) is 0 Å². The van der Waals surface area contributed by atoms with Gasteiger partial charge in [-0.05, 0) is 43.9 Å². The summed E-state index contributed by atoms with van der Waals surface area (Å²) in [7, 11) is 1.73. The maximum atomic E-state index is 13.7. The fourth-order valence-corrected chi connectivity index (χ4v) is 3.49. The number of likely N-dealkylation sites (N-methyl/N-ethyl adjacent to an activating group) is 1. The van der Waals surface area contributed by atoms with E-state index in [-0.39, 0.29) is 23.8 Å². The van der Waals surface area contributed by atoms with Gasteiger partial charge in [0.1, 0.15) is 5.82 Å². The van der Waals surface area contributed by atoms with Crippen LogP contribution in [0.4, 0.5) is 20.6 Å². The van der Waals surface area contributed by atoms with Crippen molar-refractivity contribution in [2.75, 3.05) is 36.9 Å². The number of hydrogen-bond acceptors (Lipinski definition) is 3. The van der Waals surface area contributed by atoms with Crippen LogP contribution in [0.15, 0.2) is 18.2 Å². The van der Waals surface area contributed by atoms with Crippen molar-refractivity contribution in [2.24, 2.45) is 0 Å². The van der Waals surface area contributed by atoms with Gasteiger partial charge >= 0.3 is 6.03 Å². The molecule has 7 heteroatoms. The molecule has 0 unspecified atom stereocenters. The molecule has 2 aliphatic heterocycles. The van der Waals surface area contributed by atoms with E-state index >= 15 is 0 Å². The van der Waals surface area contributed by atoms with Crippen molar-refractivity contribution in [1.29, 1.82) is 0 Å². The van der Waals surface area contributed by atoms with E-state index in [9.17, 15) is 14.0 Å². The summed E-state index contributed by atoms with van der Waals surface area (Å²) in [6.45, 7) is 2.32. The molecule has 0 aromatic heterocycles. The summed E-state index contributed by atoms with van der Waals surface area (Å²) in [6, 6.07) is 4.06. The SMILES string of the molecule is CN1C[C@H](NC(=O)Nc2cc(F)ccc2N2CCCCC2)CCC1=O. The van der Waals surface area contributed by atoms with E-state index in [4.69, 9.17) is 0 Å². The Hall–Kier alpha value is -2.31. The highest BCUT2D eigenvalue weighted by Gasteiger charge is 2.24. The molecule has 2 heterocycles. The highest BCUT2D eigenvalue weighted by Crippen LogP contribution is 2.29. The van der Waals surface area contributed by atoms with Gasteiger partial charge in [-0.3, -0.25) is 4.79 Å². The van der Waals surface area contributed by atoms with Crippen LogP contribution in [0.5, 0.6) is 0 Å². The zero-order valence-electron chi connectivity index (χ0n) is 14.6. The third kappa shape index (κ3) is 4.41. The van der Waals surface area contributed by atoms with Crippen LogP contribution in [0, 0.1) is 5.82 Å². The minimum Gasteiger partial charge on any atom is -0.370 e. The summed E-state index contributed by atoms with van der Waals surface area (Å²) < 4.78 is 13.7. The van der Waals surface area contributed by atoms with Gasteiger partial charge in [-0.1, -0.05) is 0 Å². The highest BCUT2D eigenvalue weighted by atomic mass is 19.1. The number of amides is 3. The fourth-order valence-electron chi connectivity index (χ4n) is 3.49. The summed E-state index contributed by atoms with van der Waals surface area (Å²) in [6.07, 6.45) is 4.46. The van der Waals surface area contributed by atoms with E-state index < -0.39 is 0 Å². The number of urea groups is 1. The molecule has 0 saturated carbocycles. The molecule has 0 aliphatic carbocycles. The number of benzene rings is 1. The molecular weight excluding hydrogens is 323 g/mol. The predicted octanol–water partition coefficient (Wildman–Crippen LogP) is 2.56. The van der Waals surface area contributed by atoms with E-state index in [2.05, 4.69) is 15.5 Å². The number of carbonyl (C=O) groups excluding carboxylic acids is 2. The summed E-state index contributed by atoms with van der Waals surface area (Å²) >= 11 is 0. The molecule has 3 amide bonds. The largest absolute Gasteiger partial charge is 0.370 e. The first-order chi connectivity index (χ1) is 12.0. The van der Waals surface area contributed by atoms with Crippen molar-refractivity contribution in [2.45, 2.75) is 38.1 Å². The van der Waals surface area contributed by atoms with Crippen molar-refractivity contribution >= 4 is 23.3 Å². The van der Waals surface area contributed by atoms with Crippen molar-refractivity contribution in [3.8, 4) is 0 Å². The molecule has 0 spiro atoms. The molecule has 2 saturated heterocycles. The summed E-state index contributed by atoms with van der Waals surface area (Å²) in [4.78, 5) is 27.7. The average molecular weight is 348 g/mol. The third-order valence-electron chi connectivity index (χ3n) is 4.87. The molecule has 3 rings (SSSR count). The number of rotatable bonds is 3. The zero-order valence-corrected chi connectivity index (χ0v) is 14.6. The quantitative estimate of drug-likeness (QED) is 0.882. The predicted molar refractivity (Wildman–Crippen MR) is 95.3 cm³/mol. The molecule has 0 radical (unpaired) electrons. The van der Waals surface area contributed by atoms with E-state index in [0.717, 1.165) is 31.6 Å². The zero-order chi connectivity index (χ0) is 17.8. The Kier molecular flexibility index (Phi) is 5.40. The number of anilines is 2. The monoisotopic (exact) mass is 348 g/mol. The maximum Gasteiger partial charge on any atom is 0.319 e. The standard InChI is InChI=1S/C18H25FN4O2/c1-22-12-14(6-8-17(22)24)20-18(25)21-15-11-13(19)5-7-16(15)23-9-3-2-4-10-23/h5,7,11,14H,2-4,6,8-10,12H2,1H3,(H2,20,21,25)/t14-/m1/s1. The molecule has 1 aromatic carbocycles. The lowest BCUT2D eigenvalue weighted by Crippen LogP contribution is -2.49. The number of nitrogens with one attached hydrogen (secondary N) is 2. The molecule has 0 bridgehead atoms. The van der Waals surface area contributed by atoms with Gasteiger partial charge in [0.25, 0.3) is 0 Å². The van der Waals surface area contributed by atoms with Gasteiger partial charge in [0, 0.05) is 39.1 Å². The van der Waals surface area contributed by atoms with Crippen molar-refractivity contribution in [1.82, 2.24) is 10.2 Å². The molecule has 2 aliphatic rings. The molecule has 6 nitrogen and oxygen atoms in total. The van der Waals surface area contributed by atoms with Crippen LogP contribution >= 0.6 is 0 Å². The number of halogens is 1. The van der Waals surface area contributed by atoms with Crippen molar-refractivity contribution < 1.29 is 14.0 Å². The Labute approximate surface area is 147 Å². The van der Waals surface area contributed by atoms with E-state index in [1.54, 1.807) is 18.0 Å². The fraction of sp³-hybridized carbons (Fsp3) is 0.556. The van der Waals surface area contributed by atoms with Gasteiger partial charge in [0.05, 0.1) is 11.4 Å². The summed E-state index contributed by atoms with van der Waals surface area (Å²) in [5.74, 6) is -0.282. The molecule has 2 N–H and O–H groups in total. The Bertz CT molecular complexity index is 646. The number of hydrogen-bond donors (Lipinski definition) is 2. The second-order valence-corrected chi connectivity index (χ2v) is 6.82. The number of carbonyl (C=O) groups is 2. The highest BCUT2D eigenvalue weighted by molar-refractivity contribution is 5.93. The van der Waals surface area contributed by atoms with Crippen LogP contribution < -0.4 is 15.5 Å². The van der Waals surface area contributed by atoms with Gasteiger partial charge < -0.3 is 20.4 Å². The number of likely N-dealkylation sites (tertiary alicyclic amines) is 1. The molecule has 25 heavy (non-hydrogen) atoms.